The van der Waals surface area contributed by atoms with E-state index in [9.17, 15) is 4.79 Å². The van der Waals surface area contributed by atoms with Gasteiger partial charge < -0.3 is 4.74 Å². The summed E-state index contributed by atoms with van der Waals surface area (Å²) < 4.78 is 5.68. The number of likely N-dealkylation sites (tertiary alicyclic amines) is 1. The molecule has 1 aromatic carbocycles. The first-order chi connectivity index (χ1) is 9.76. The lowest BCUT2D eigenvalue weighted by atomic mass is 9.97. The van der Waals surface area contributed by atoms with Gasteiger partial charge in [0.25, 0.3) is 0 Å². The smallest absolute Gasteiger partial charge is 0.179 e. The third-order valence-electron chi connectivity index (χ3n) is 4.07. The Labute approximate surface area is 121 Å². The highest BCUT2D eigenvalue weighted by molar-refractivity contribution is 6.00. The summed E-state index contributed by atoms with van der Waals surface area (Å²) in [7, 11) is 0. The van der Waals surface area contributed by atoms with Crippen LogP contribution in [0.15, 0.2) is 30.3 Å². The number of nitrogens with zero attached hydrogens (tertiary/aromatic N) is 1. The molecule has 2 rings (SSSR count). The molecule has 1 saturated heterocycles. The molecule has 1 aliphatic rings. The van der Waals surface area contributed by atoms with Crippen molar-refractivity contribution in [2.45, 2.75) is 45.3 Å². The maximum Gasteiger partial charge on any atom is 0.179 e. The maximum absolute atomic E-state index is 12.6. The first-order valence-electron chi connectivity index (χ1n) is 7.71. The molecule has 0 radical (unpaired) electrons. The predicted octanol–water partition coefficient (Wildman–Crippen LogP) is 3.15. The Kier molecular flexibility index (Phi) is 5.74. The van der Waals surface area contributed by atoms with Crippen molar-refractivity contribution in [1.29, 1.82) is 0 Å². The van der Waals surface area contributed by atoms with Gasteiger partial charge in [0.15, 0.2) is 5.78 Å². The zero-order chi connectivity index (χ0) is 14.4. The lowest BCUT2D eigenvalue weighted by Gasteiger charge is -2.36. The van der Waals surface area contributed by atoms with Crippen molar-refractivity contribution in [3.8, 4) is 0 Å². The van der Waals surface area contributed by atoms with Crippen LogP contribution in [0.4, 0.5) is 0 Å². The summed E-state index contributed by atoms with van der Waals surface area (Å²) in [5.74, 6) is 0.253. The molecule has 0 aliphatic carbocycles. The Morgan fingerprint density at radius 2 is 1.90 bits per heavy atom. The Hall–Kier alpha value is -1.19. The quantitative estimate of drug-likeness (QED) is 0.747. The van der Waals surface area contributed by atoms with Gasteiger partial charge in [0, 0.05) is 25.3 Å². The van der Waals surface area contributed by atoms with E-state index in [1.165, 1.54) is 0 Å². The third kappa shape index (κ3) is 3.68. The number of carbonyl (C=O) groups is 1. The number of hydrogen-bond acceptors (Lipinski definition) is 3. The van der Waals surface area contributed by atoms with Crippen molar-refractivity contribution in [2.75, 3.05) is 19.7 Å². The molecule has 0 N–H and O–H groups in total. The van der Waals surface area contributed by atoms with Crippen LogP contribution in [0.1, 0.15) is 43.5 Å². The Morgan fingerprint density at radius 3 is 2.45 bits per heavy atom. The van der Waals surface area contributed by atoms with Gasteiger partial charge in [0.1, 0.15) is 0 Å². The van der Waals surface area contributed by atoms with Crippen LogP contribution < -0.4 is 0 Å². The molecule has 0 bridgehead atoms. The molecule has 3 heteroatoms. The number of benzene rings is 1. The van der Waals surface area contributed by atoms with Crippen LogP contribution in [-0.4, -0.2) is 42.5 Å². The fourth-order valence-corrected chi connectivity index (χ4v) is 2.99. The molecule has 1 aliphatic heterocycles. The van der Waals surface area contributed by atoms with E-state index in [4.69, 9.17) is 4.74 Å². The molecule has 1 heterocycles. The Balaban J connectivity index is 1.97. The molecule has 0 amide bonds. The molecule has 0 spiro atoms. The van der Waals surface area contributed by atoms with Crippen LogP contribution in [0, 0.1) is 0 Å². The van der Waals surface area contributed by atoms with Gasteiger partial charge in [-0.1, -0.05) is 37.3 Å². The number of ketones is 1. The average molecular weight is 275 g/mol. The largest absolute Gasteiger partial charge is 0.378 e. The van der Waals surface area contributed by atoms with E-state index in [0.29, 0.717) is 6.10 Å². The number of piperidine rings is 1. The van der Waals surface area contributed by atoms with Gasteiger partial charge in [-0.25, -0.2) is 0 Å². The molecule has 1 aromatic rings. The highest BCUT2D eigenvalue weighted by Crippen LogP contribution is 2.20. The van der Waals surface area contributed by atoms with Gasteiger partial charge in [0.2, 0.25) is 0 Å². The average Bonchev–Trinajstić information content (AvgIpc) is 2.51. The summed E-state index contributed by atoms with van der Waals surface area (Å²) in [6.45, 7) is 6.84. The molecular formula is C17H25NO2. The minimum Gasteiger partial charge on any atom is -0.378 e. The molecule has 3 nitrogen and oxygen atoms in total. The summed E-state index contributed by atoms with van der Waals surface area (Å²) in [4.78, 5) is 14.9. The van der Waals surface area contributed by atoms with Gasteiger partial charge in [-0.05, 0) is 26.2 Å². The number of Topliss-reactive ketones (excluding diaryl/α,β-unsaturated/α-hetero) is 1. The van der Waals surface area contributed by atoms with E-state index in [2.05, 4.69) is 11.8 Å². The van der Waals surface area contributed by atoms with Crippen LogP contribution in [-0.2, 0) is 4.74 Å². The second-order valence-corrected chi connectivity index (χ2v) is 5.34. The topological polar surface area (TPSA) is 29.5 Å². The summed E-state index contributed by atoms with van der Waals surface area (Å²) in [6, 6.07) is 9.66. The zero-order valence-corrected chi connectivity index (χ0v) is 12.5. The van der Waals surface area contributed by atoms with Crippen molar-refractivity contribution in [2.24, 2.45) is 0 Å². The van der Waals surface area contributed by atoms with Crippen LogP contribution >= 0.6 is 0 Å². The van der Waals surface area contributed by atoms with E-state index in [1.54, 1.807) is 0 Å². The SMILES string of the molecule is CCOC1CCN(C(CC)C(=O)c2ccccc2)CC1. The molecule has 0 aromatic heterocycles. The van der Waals surface area contributed by atoms with E-state index < -0.39 is 0 Å². The molecule has 1 fully saturated rings. The molecule has 0 saturated carbocycles. The van der Waals surface area contributed by atoms with Crippen LogP contribution in [0.3, 0.4) is 0 Å². The van der Waals surface area contributed by atoms with Gasteiger partial charge in [0.05, 0.1) is 12.1 Å². The highest BCUT2D eigenvalue weighted by Gasteiger charge is 2.29. The first-order valence-corrected chi connectivity index (χ1v) is 7.71. The lowest BCUT2D eigenvalue weighted by molar-refractivity contribution is 0.00469. The monoisotopic (exact) mass is 275 g/mol. The van der Waals surface area contributed by atoms with Crippen LogP contribution in [0.2, 0.25) is 0 Å². The predicted molar refractivity (Wildman–Crippen MR) is 81.1 cm³/mol. The standard InChI is InChI=1S/C17H25NO2/c1-3-16(17(19)14-8-6-5-7-9-14)18-12-10-15(11-13-18)20-4-2/h5-9,15-16H,3-4,10-13H2,1-2H3. The summed E-state index contributed by atoms with van der Waals surface area (Å²) >= 11 is 0. The first kappa shape index (κ1) is 15.2. The van der Waals surface area contributed by atoms with Gasteiger partial charge in [-0.3, -0.25) is 9.69 Å². The normalized spacial score (nSPS) is 18.9. The van der Waals surface area contributed by atoms with Crippen molar-refractivity contribution >= 4 is 5.78 Å². The third-order valence-corrected chi connectivity index (χ3v) is 4.07. The number of rotatable bonds is 6. The number of ether oxygens (including phenoxy) is 1. The fourth-order valence-electron chi connectivity index (χ4n) is 2.99. The van der Waals surface area contributed by atoms with Crippen LogP contribution in [0.5, 0.6) is 0 Å². The van der Waals surface area contributed by atoms with Crippen LogP contribution in [0.25, 0.3) is 0 Å². The molecule has 110 valence electrons. The minimum absolute atomic E-state index is 0.0139. The minimum atomic E-state index is 0.0139. The summed E-state index contributed by atoms with van der Waals surface area (Å²) in [5, 5.41) is 0. The fraction of sp³-hybridized carbons (Fsp3) is 0.588. The van der Waals surface area contributed by atoms with Gasteiger partial charge in [-0.2, -0.15) is 0 Å². The van der Waals surface area contributed by atoms with Crippen molar-refractivity contribution in [3.63, 3.8) is 0 Å². The van der Waals surface area contributed by atoms with Crippen molar-refractivity contribution in [3.05, 3.63) is 35.9 Å². The van der Waals surface area contributed by atoms with Gasteiger partial charge in [-0.15, -0.1) is 0 Å². The van der Waals surface area contributed by atoms with Crippen molar-refractivity contribution < 1.29 is 9.53 Å². The number of carbonyl (C=O) groups excluding carboxylic acids is 1. The number of hydrogen-bond donors (Lipinski definition) is 0. The second-order valence-electron chi connectivity index (χ2n) is 5.34. The molecule has 1 atom stereocenters. The van der Waals surface area contributed by atoms with E-state index in [0.717, 1.165) is 44.5 Å². The summed E-state index contributed by atoms with van der Waals surface area (Å²) in [6.07, 6.45) is 3.31. The van der Waals surface area contributed by atoms with E-state index in [-0.39, 0.29) is 11.8 Å². The molecule has 20 heavy (non-hydrogen) atoms. The summed E-state index contributed by atoms with van der Waals surface area (Å²) in [5.41, 5.74) is 0.825. The molecular weight excluding hydrogens is 250 g/mol. The van der Waals surface area contributed by atoms with Crippen molar-refractivity contribution in [1.82, 2.24) is 4.90 Å². The van der Waals surface area contributed by atoms with Gasteiger partial charge >= 0.3 is 0 Å². The highest BCUT2D eigenvalue weighted by atomic mass is 16.5. The van der Waals surface area contributed by atoms with E-state index >= 15 is 0 Å². The van der Waals surface area contributed by atoms with E-state index in [1.807, 2.05) is 37.3 Å². The Morgan fingerprint density at radius 1 is 1.25 bits per heavy atom. The molecule has 1 unspecified atom stereocenters. The Bertz CT molecular complexity index is 410. The maximum atomic E-state index is 12.6. The lowest BCUT2D eigenvalue weighted by Crippen LogP contribution is -2.46. The second kappa shape index (κ2) is 7.55. The zero-order valence-electron chi connectivity index (χ0n) is 12.5.